The molecule has 0 aromatic carbocycles. The number of rotatable bonds is 75. The number of hydrogen-bond acceptors (Lipinski definition) is 6. The number of carbonyl (C=O) groups excluding carboxylic acids is 2. The third-order valence-electron chi connectivity index (χ3n) is 18.4. The Hall–Kier alpha value is -2.29. The van der Waals surface area contributed by atoms with Gasteiger partial charge in [0.2, 0.25) is 5.91 Å². The first-order chi connectivity index (χ1) is 45.4. The molecule has 0 heterocycles. The summed E-state index contributed by atoms with van der Waals surface area (Å²) in [5.41, 5.74) is 0. The van der Waals surface area contributed by atoms with E-state index in [4.69, 9.17) is 13.8 Å². The standard InChI is InChI=1S/C83H157N2O7P/c1-7-10-13-16-19-22-25-28-30-32-34-36-38-40-42-44-46-48-50-52-54-57-60-63-66-69-72-75-82(86)84-80(79-91-93(88,89)90-78-77-85(4,5)6)81(74-71-68-65-62-59-56-27-24-21-18-15-12-9-3)92-83(87)76-73-70-67-64-61-58-55-53-51-49-47-45-43-41-39-37-35-33-31-29-26-23-20-17-14-11-8-2/h19-20,22-23,28-31,71,74,80-81H,7-18,21,24-27,32-70,72-73,75-79H2,1-6H3,(H-,84,86,88,89)/p+1/b22-19-,23-20-,30-28-,31-29-,74-71+. The monoisotopic (exact) mass is 1330 g/mol. The Morgan fingerprint density at radius 2 is 0.656 bits per heavy atom. The van der Waals surface area contributed by atoms with Crippen molar-refractivity contribution in [1.29, 1.82) is 0 Å². The topological polar surface area (TPSA) is 111 Å². The Morgan fingerprint density at radius 1 is 0.376 bits per heavy atom. The summed E-state index contributed by atoms with van der Waals surface area (Å²) in [5, 5.41) is 3.09. The van der Waals surface area contributed by atoms with E-state index in [-0.39, 0.29) is 25.1 Å². The van der Waals surface area contributed by atoms with Crippen LogP contribution in [0.15, 0.2) is 60.8 Å². The Balaban J connectivity index is 4.91. The number of nitrogens with zero attached hydrogens (tertiary/aromatic N) is 1. The molecule has 0 radical (unpaired) electrons. The van der Waals surface area contributed by atoms with Gasteiger partial charge in [0.15, 0.2) is 0 Å². The summed E-state index contributed by atoms with van der Waals surface area (Å²) in [5.74, 6) is -0.483. The summed E-state index contributed by atoms with van der Waals surface area (Å²) in [6.45, 7) is 7.03. The van der Waals surface area contributed by atoms with E-state index in [2.05, 4.69) is 80.8 Å². The van der Waals surface area contributed by atoms with Crippen LogP contribution in [0.5, 0.6) is 0 Å². The minimum atomic E-state index is -4.46. The number of phosphoric acid groups is 1. The number of quaternary nitrogens is 1. The van der Waals surface area contributed by atoms with Crippen LogP contribution in [0.4, 0.5) is 0 Å². The van der Waals surface area contributed by atoms with Gasteiger partial charge in [0, 0.05) is 12.8 Å². The zero-order valence-corrected chi connectivity index (χ0v) is 63.7. The van der Waals surface area contributed by atoms with Crippen molar-refractivity contribution >= 4 is 19.7 Å². The van der Waals surface area contributed by atoms with Crippen LogP contribution in [-0.2, 0) is 27.9 Å². The molecule has 2 N–H and O–H groups in total. The maximum atomic E-state index is 13.7. The fourth-order valence-corrected chi connectivity index (χ4v) is 12.9. The van der Waals surface area contributed by atoms with Gasteiger partial charge in [-0.1, -0.05) is 358 Å². The molecule has 3 unspecified atom stereocenters. The van der Waals surface area contributed by atoms with Gasteiger partial charge >= 0.3 is 13.8 Å². The molecule has 0 rings (SSSR count). The van der Waals surface area contributed by atoms with Crippen molar-refractivity contribution in [3.05, 3.63) is 60.8 Å². The van der Waals surface area contributed by atoms with Gasteiger partial charge in [0.25, 0.3) is 0 Å². The van der Waals surface area contributed by atoms with Gasteiger partial charge in [-0.05, 0) is 96.0 Å². The van der Waals surface area contributed by atoms with E-state index < -0.39 is 20.0 Å². The molecule has 1 amide bonds. The maximum Gasteiger partial charge on any atom is 0.472 e. The van der Waals surface area contributed by atoms with Crippen molar-refractivity contribution in [3.63, 3.8) is 0 Å². The van der Waals surface area contributed by atoms with Crippen molar-refractivity contribution in [2.75, 3.05) is 40.9 Å². The molecule has 546 valence electrons. The Labute approximate surface area is 579 Å². The molecule has 10 heteroatoms. The first-order valence-electron chi connectivity index (χ1n) is 40.6. The van der Waals surface area contributed by atoms with Crippen molar-refractivity contribution in [1.82, 2.24) is 5.32 Å². The van der Waals surface area contributed by atoms with Crippen molar-refractivity contribution in [3.8, 4) is 0 Å². The van der Waals surface area contributed by atoms with Crippen LogP contribution < -0.4 is 5.32 Å². The van der Waals surface area contributed by atoms with E-state index in [1.807, 2.05) is 27.2 Å². The minimum Gasteiger partial charge on any atom is -0.456 e. The zero-order chi connectivity index (χ0) is 67.8. The smallest absolute Gasteiger partial charge is 0.456 e. The molecule has 0 aromatic heterocycles. The second kappa shape index (κ2) is 72.5. The predicted octanol–water partition coefficient (Wildman–Crippen LogP) is 26.5. The van der Waals surface area contributed by atoms with E-state index in [1.165, 1.54) is 302 Å². The van der Waals surface area contributed by atoms with Crippen LogP contribution in [0.25, 0.3) is 0 Å². The van der Waals surface area contributed by atoms with E-state index in [0.717, 1.165) is 70.6 Å². The summed E-state index contributed by atoms with van der Waals surface area (Å²) in [6.07, 6.45) is 95.4. The third kappa shape index (κ3) is 73.8. The van der Waals surface area contributed by atoms with E-state index in [1.54, 1.807) is 0 Å². The summed E-state index contributed by atoms with van der Waals surface area (Å²) in [7, 11) is 1.51. The van der Waals surface area contributed by atoms with Crippen molar-refractivity contribution in [2.45, 2.75) is 418 Å². The number of unbranched alkanes of at least 4 members (excludes halogenated alkanes) is 51. The van der Waals surface area contributed by atoms with Crippen molar-refractivity contribution < 1.29 is 37.3 Å². The fourth-order valence-electron chi connectivity index (χ4n) is 12.2. The number of allylic oxidation sites excluding steroid dienone is 9. The lowest BCUT2D eigenvalue weighted by Crippen LogP contribution is -2.47. The Morgan fingerprint density at radius 3 is 0.989 bits per heavy atom. The molecule has 9 nitrogen and oxygen atoms in total. The van der Waals surface area contributed by atoms with E-state index in [0.29, 0.717) is 23.9 Å². The average Bonchev–Trinajstić information content (AvgIpc) is 2.31. The number of ether oxygens (including phenoxy) is 1. The first-order valence-corrected chi connectivity index (χ1v) is 42.1. The van der Waals surface area contributed by atoms with Gasteiger partial charge in [0.05, 0.1) is 33.8 Å². The second-order valence-corrected chi connectivity index (χ2v) is 30.4. The van der Waals surface area contributed by atoms with Crippen LogP contribution >= 0.6 is 7.82 Å². The lowest BCUT2D eigenvalue weighted by Gasteiger charge is -2.27. The molecule has 0 aromatic rings. The summed E-state index contributed by atoms with van der Waals surface area (Å²) < 4.78 is 31.0. The normalized spacial score (nSPS) is 13.7. The number of phosphoric ester groups is 1. The lowest BCUT2D eigenvalue weighted by atomic mass is 10.0. The molecule has 0 aliphatic rings. The van der Waals surface area contributed by atoms with Gasteiger partial charge in [0.1, 0.15) is 19.3 Å². The molecule has 0 aliphatic carbocycles. The number of carbonyl (C=O) groups is 2. The Kier molecular flexibility index (Phi) is 70.7. The largest absolute Gasteiger partial charge is 0.472 e. The molecule has 0 saturated heterocycles. The van der Waals surface area contributed by atoms with Gasteiger partial charge in [-0.25, -0.2) is 4.57 Å². The summed E-state index contributed by atoms with van der Waals surface area (Å²) in [4.78, 5) is 38.1. The van der Waals surface area contributed by atoms with Crippen molar-refractivity contribution in [2.24, 2.45) is 0 Å². The molecule has 93 heavy (non-hydrogen) atoms. The zero-order valence-electron chi connectivity index (χ0n) is 62.8. The molecule has 3 atom stereocenters. The van der Waals surface area contributed by atoms with Crippen LogP contribution in [0, 0.1) is 0 Å². The quantitative estimate of drug-likeness (QED) is 0.0205. The minimum absolute atomic E-state index is 0.0422. The number of hydrogen-bond donors (Lipinski definition) is 2. The van der Waals surface area contributed by atoms with Crippen LogP contribution in [-0.4, -0.2) is 74.3 Å². The molecular formula is C83H158N2O7P+. The lowest BCUT2D eigenvalue weighted by molar-refractivity contribution is -0.870. The second-order valence-electron chi connectivity index (χ2n) is 28.9. The van der Waals surface area contributed by atoms with Gasteiger partial charge in [-0.2, -0.15) is 0 Å². The third-order valence-corrected chi connectivity index (χ3v) is 19.4. The molecule has 0 spiro atoms. The highest BCUT2D eigenvalue weighted by molar-refractivity contribution is 7.47. The average molecular weight is 1330 g/mol. The predicted molar refractivity (Wildman–Crippen MR) is 406 cm³/mol. The number of esters is 1. The molecule has 0 aliphatic heterocycles. The highest BCUT2D eigenvalue weighted by Gasteiger charge is 2.30. The highest BCUT2D eigenvalue weighted by atomic mass is 31.2. The number of nitrogens with one attached hydrogen (secondary N) is 1. The van der Waals surface area contributed by atoms with Gasteiger partial charge < -0.3 is 19.4 Å². The van der Waals surface area contributed by atoms with E-state index in [9.17, 15) is 19.0 Å². The number of amides is 1. The molecule has 0 fully saturated rings. The fraction of sp³-hybridized carbons (Fsp3) is 0.855. The summed E-state index contributed by atoms with van der Waals surface area (Å²) in [6, 6.07) is -0.849. The van der Waals surface area contributed by atoms with Crippen LogP contribution in [0.1, 0.15) is 406 Å². The highest BCUT2D eigenvalue weighted by Crippen LogP contribution is 2.43. The molecule has 0 saturated carbocycles. The molecular weight excluding hydrogens is 1170 g/mol. The number of likely N-dealkylation sites (N-methyl/N-ethyl adjacent to an activating group) is 1. The van der Waals surface area contributed by atoms with E-state index >= 15 is 0 Å². The SMILES string of the molecule is CCCCC/C=C\C/C=C\CCCCCCCCCCCCCCCCCCCC(=O)NC(COP(=O)(O)OCC[N+](C)(C)C)C(/C=C/CCCCCCCCCCCCC)OC(=O)CCCCCCCCCCCCCCCCCCC/C=C\C/C=C\CCCCC. The molecule has 0 bridgehead atoms. The maximum absolute atomic E-state index is 13.7. The summed E-state index contributed by atoms with van der Waals surface area (Å²) >= 11 is 0. The van der Waals surface area contributed by atoms with Gasteiger partial charge in [-0.15, -0.1) is 0 Å². The van der Waals surface area contributed by atoms with Gasteiger partial charge in [-0.3, -0.25) is 18.6 Å². The van der Waals surface area contributed by atoms with Crippen LogP contribution in [0.2, 0.25) is 0 Å². The Bertz CT molecular complexity index is 1770. The van der Waals surface area contributed by atoms with Crippen LogP contribution in [0.3, 0.4) is 0 Å². The first kappa shape index (κ1) is 90.7.